The Kier molecular flexibility index (Phi) is 4.29. The topological polar surface area (TPSA) is 51.5 Å². The van der Waals surface area contributed by atoms with Crippen molar-refractivity contribution in [3.63, 3.8) is 0 Å². The number of ether oxygens (including phenoxy) is 1. The number of nitrogens with zero attached hydrogens (tertiary/aromatic N) is 2. The normalized spacial score (nSPS) is 14.3. The maximum Gasteiger partial charge on any atom is 0.325 e. The highest BCUT2D eigenvalue weighted by atomic mass is 79.9. The molecule has 104 valence electrons. The average molecular weight is 329 g/mol. The van der Waals surface area contributed by atoms with E-state index in [0.717, 1.165) is 17.3 Å². The predicted molar refractivity (Wildman–Crippen MR) is 73.8 cm³/mol. The first kappa shape index (κ1) is 14.1. The number of carbonyl (C=O) groups excluding carboxylic acids is 2. The predicted octanol–water partition coefficient (Wildman–Crippen LogP) is 1.96. The van der Waals surface area contributed by atoms with Crippen LogP contribution in [0.2, 0.25) is 0 Å². The lowest BCUT2D eigenvalue weighted by atomic mass is 10.3. The number of rotatable bonds is 5. The molecular weight excluding hydrogens is 312 g/mol. The van der Waals surface area contributed by atoms with Crippen LogP contribution >= 0.6 is 15.9 Å². The van der Waals surface area contributed by atoms with Crippen LogP contribution in [0.4, 0.5) is 0 Å². The van der Waals surface area contributed by atoms with Gasteiger partial charge in [0.25, 0.3) is 5.91 Å². The Labute approximate surface area is 120 Å². The monoisotopic (exact) mass is 328 g/mol. The van der Waals surface area contributed by atoms with E-state index in [-0.39, 0.29) is 24.5 Å². The molecule has 1 aliphatic carbocycles. The first-order chi connectivity index (χ1) is 9.02. The lowest BCUT2D eigenvalue weighted by molar-refractivity contribution is -0.144. The summed E-state index contributed by atoms with van der Waals surface area (Å²) in [6, 6.07) is 1.94. The molecule has 5 nitrogen and oxygen atoms in total. The highest BCUT2D eigenvalue weighted by molar-refractivity contribution is 9.10. The summed E-state index contributed by atoms with van der Waals surface area (Å²) in [7, 11) is 1.81. The molecule has 6 heteroatoms. The summed E-state index contributed by atoms with van der Waals surface area (Å²) in [4.78, 5) is 25.7. The summed E-state index contributed by atoms with van der Waals surface area (Å²) in [6.07, 6.45) is 3.73. The standard InChI is InChI=1S/C13H17BrN2O3/c1-3-19-12(17)8-16(10-4-5-10)13(18)11-6-9(14)7-15(11)2/h6-7,10H,3-5,8H2,1-2H3. The number of hydrogen-bond donors (Lipinski definition) is 0. The molecule has 0 N–H and O–H groups in total. The van der Waals surface area contributed by atoms with Crippen molar-refractivity contribution in [1.82, 2.24) is 9.47 Å². The molecule has 0 aliphatic heterocycles. The minimum Gasteiger partial charge on any atom is -0.465 e. The van der Waals surface area contributed by atoms with Crippen molar-refractivity contribution in [2.75, 3.05) is 13.2 Å². The van der Waals surface area contributed by atoms with Gasteiger partial charge in [0.1, 0.15) is 12.2 Å². The fourth-order valence-corrected chi connectivity index (χ4v) is 2.51. The summed E-state index contributed by atoms with van der Waals surface area (Å²) in [6.45, 7) is 2.12. The Bertz CT molecular complexity index is 494. The lowest BCUT2D eigenvalue weighted by Crippen LogP contribution is -2.39. The van der Waals surface area contributed by atoms with E-state index in [1.807, 2.05) is 13.2 Å². The number of aromatic nitrogens is 1. The molecule has 1 fully saturated rings. The summed E-state index contributed by atoms with van der Waals surface area (Å²) >= 11 is 3.35. The van der Waals surface area contributed by atoms with E-state index < -0.39 is 0 Å². The molecule has 1 aromatic rings. The molecule has 0 spiro atoms. The van der Waals surface area contributed by atoms with Crippen molar-refractivity contribution in [3.8, 4) is 0 Å². The summed E-state index contributed by atoms with van der Waals surface area (Å²) in [5, 5.41) is 0. The van der Waals surface area contributed by atoms with Gasteiger partial charge in [-0.15, -0.1) is 0 Å². The first-order valence-electron chi connectivity index (χ1n) is 6.31. The second-order valence-electron chi connectivity index (χ2n) is 4.62. The van der Waals surface area contributed by atoms with Gasteiger partial charge in [-0.1, -0.05) is 0 Å². The van der Waals surface area contributed by atoms with Gasteiger partial charge in [0, 0.05) is 23.8 Å². The summed E-state index contributed by atoms with van der Waals surface area (Å²) in [5.41, 5.74) is 0.572. The van der Waals surface area contributed by atoms with Crippen LogP contribution in [-0.2, 0) is 16.6 Å². The van der Waals surface area contributed by atoms with E-state index in [2.05, 4.69) is 15.9 Å². The fourth-order valence-electron chi connectivity index (χ4n) is 1.98. The number of aryl methyl sites for hydroxylation is 1. The van der Waals surface area contributed by atoms with Crippen LogP contribution < -0.4 is 0 Å². The van der Waals surface area contributed by atoms with Gasteiger partial charge in [-0.3, -0.25) is 9.59 Å². The zero-order valence-electron chi connectivity index (χ0n) is 11.1. The Balaban J connectivity index is 2.13. The quantitative estimate of drug-likeness (QED) is 0.776. The van der Waals surface area contributed by atoms with Crippen LogP contribution in [0, 0.1) is 0 Å². The van der Waals surface area contributed by atoms with E-state index in [1.165, 1.54) is 0 Å². The van der Waals surface area contributed by atoms with Gasteiger partial charge in [-0.25, -0.2) is 0 Å². The highest BCUT2D eigenvalue weighted by Gasteiger charge is 2.35. The van der Waals surface area contributed by atoms with Crippen molar-refractivity contribution in [1.29, 1.82) is 0 Å². The van der Waals surface area contributed by atoms with Gasteiger partial charge in [0.15, 0.2) is 0 Å². The maximum absolute atomic E-state index is 12.5. The second-order valence-corrected chi connectivity index (χ2v) is 5.54. The Hall–Kier alpha value is -1.30. The SMILES string of the molecule is CCOC(=O)CN(C(=O)c1cc(Br)cn1C)C1CC1. The molecule has 0 radical (unpaired) electrons. The maximum atomic E-state index is 12.5. The van der Waals surface area contributed by atoms with Crippen molar-refractivity contribution in [2.45, 2.75) is 25.8 Å². The van der Waals surface area contributed by atoms with Crippen LogP contribution in [0.5, 0.6) is 0 Å². The number of hydrogen-bond acceptors (Lipinski definition) is 3. The molecule has 0 unspecified atom stereocenters. The number of halogens is 1. The molecule has 1 heterocycles. The van der Waals surface area contributed by atoms with E-state index in [0.29, 0.717) is 12.3 Å². The lowest BCUT2D eigenvalue weighted by Gasteiger charge is -2.21. The highest BCUT2D eigenvalue weighted by Crippen LogP contribution is 2.28. The van der Waals surface area contributed by atoms with Crippen molar-refractivity contribution >= 4 is 27.8 Å². The summed E-state index contributed by atoms with van der Waals surface area (Å²) in [5.74, 6) is -0.472. The minimum absolute atomic E-state index is 0.0279. The van der Waals surface area contributed by atoms with Crippen LogP contribution in [0.1, 0.15) is 30.3 Å². The summed E-state index contributed by atoms with van der Waals surface area (Å²) < 4.78 is 7.53. The van der Waals surface area contributed by atoms with Crippen molar-refractivity contribution in [2.24, 2.45) is 7.05 Å². The molecule has 1 amide bonds. The van der Waals surface area contributed by atoms with Crippen LogP contribution in [0.15, 0.2) is 16.7 Å². The fraction of sp³-hybridized carbons (Fsp3) is 0.538. The van der Waals surface area contributed by atoms with Gasteiger partial charge >= 0.3 is 5.97 Å². The van der Waals surface area contributed by atoms with Crippen LogP contribution in [0.25, 0.3) is 0 Å². The van der Waals surface area contributed by atoms with Gasteiger partial charge in [0.05, 0.1) is 6.61 Å². The number of carbonyl (C=O) groups is 2. The van der Waals surface area contributed by atoms with Crippen LogP contribution in [0.3, 0.4) is 0 Å². The molecule has 1 aromatic heterocycles. The molecule has 0 saturated heterocycles. The van der Waals surface area contributed by atoms with E-state index in [9.17, 15) is 9.59 Å². The molecule has 0 bridgehead atoms. The zero-order valence-corrected chi connectivity index (χ0v) is 12.6. The van der Waals surface area contributed by atoms with Crippen LogP contribution in [-0.4, -0.2) is 40.5 Å². The number of esters is 1. The largest absolute Gasteiger partial charge is 0.465 e. The van der Waals surface area contributed by atoms with Gasteiger partial charge in [-0.05, 0) is 41.8 Å². The Morgan fingerprint density at radius 1 is 1.53 bits per heavy atom. The number of amides is 1. The Morgan fingerprint density at radius 2 is 2.21 bits per heavy atom. The molecule has 2 rings (SSSR count). The molecule has 1 saturated carbocycles. The molecular formula is C13H17BrN2O3. The van der Waals surface area contributed by atoms with E-state index in [1.54, 1.807) is 22.5 Å². The first-order valence-corrected chi connectivity index (χ1v) is 7.10. The van der Waals surface area contributed by atoms with E-state index >= 15 is 0 Å². The molecule has 0 aromatic carbocycles. The molecule has 19 heavy (non-hydrogen) atoms. The molecule has 0 atom stereocenters. The van der Waals surface area contributed by atoms with Gasteiger partial charge in [-0.2, -0.15) is 0 Å². The minimum atomic E-state index is -0.351. The van der Waals surface area contributed by atoms with Gasteiger partial charge in [0.2, 0.25) is 0 Å². The van der Waals surface area contributed by atoms with Crippen molar-refractivity contribution in [3.05, 3.63) is 22.4 Å². The zero-order chi connectivity index (χ0) is 14.0. The Morgan fingerprint density at radius 3 is 2.68 bits per heavy atom. The van der Waals surface area contributed by atoms with E-state index in [4.69, 9.17) is 4.74 Å². The average Bonchev–Trinajstić information content (AvgIpc) is 3.11. The third-order valence-corrected chi connectivity index (χ3v) is 3.48. The third kappa shape index (κ3) is 3.37. The smallest absolute Gasteiger partial charge is 0.325 e. The molecule has 1 aliphatic rings. The van der Waals surface area contributed by atoms with Gasteiger partial charge < -0.3 is 14.2 Å². The second kappa shape index (κ2) is 5.77. The third-order valence-electron chi connectivity index (χ3n) is 3.04. The van der Waals surface area contributed by atoms with Crippen molar-refractivity contribution < 1.29 is 14.3 Å².